The van der Waals surface area contributed by atoms with E-state index in [2.05, 4.69) is 29.4 Å². The van der Waals surface area contributed by atoms with E-state index in [9.17, 15) is 4.79 Å². The Morgan fingerprint density at radius 2 is 1.78 bits per heavy atom. The van der Waals surface area contributed by atoms with Crippen LogP contribution in [0, 0.1) is 5.41 Å². The summed E-state index contributed by atoms with van der Waals surface area (Å²) in [5.41, 5.74) is 1.09. The van der Waals surface area contributed by atoms with Gasteiger partial charge in [-0.2, -0.15) is 0 Å². The largest absolute Gasteiger partial charge is 0.384 e. The topological polar surface area (TPSA) is 53.6 Å². The fraction of sp³-hybridized carbons (Fsp3) is 0.650. The summed E-state index contributed by atoms with van der Waals surface area (Å²) in [6.45, 7) is 9.22. The van der Waals surface area contributed by atoms with Gasteiger partial charge in [0.15, 0.2) is 0 Å². The van der Waals surface area contributed by atoms with E-state index in [1.165, 1.54) is 0 Å². The highest BCUT2D eigenvalue weighted by Crippen LogP contribution is 2.29. The van der Waals surface area contributed by atoms with Crippen LogP contribution in [-0.2, 0) is 9.53 Å². The lowest BCUT2D eigenvalue weighted by Crippen LogP contribution is -2.49. The molecule has 27 heavy (non-hydrogen) atoms. The van der Waals surface area contributed by atoms with Crippen molar-refractivity contribution in [2.24, 2.45) is 5.41 Å². The number of methoxy groups -OCH3 is 1. The molecule has 0 spiro atoms. The minimum Gasteiger partial charge on any atom is -0.384 e. The van der Waals surface area contributed by atoms with Crippen molar-refractivity contribution in [3.63, 3.8) is 0 Å². The molecule has 0 saturated carbocycles. The number of likely N-dealkylation sites (N-methyl/N-ethyl adjacent to an activating group) is 1. The van der Waals surface area contributed by atoms with Gasteiger partial charge in [0, 0.05) is 19.1 Å². The summed E-state index contributed by atoms with van der Waals surface area (Å²) in [5.74, 6) is 0.0870. The summed E-state index contributed by atoms with van der Waals surface area (Å²) < 4.78 is 5.46. The Balaban J connectivity index is 0.00000338. The first-order chi connectivity index (χ1) is 12.2. The molecule has 0 aromatic heterocycles. The van der Waals surface area contributed by atoms with Crippen molar-refractivity contribution in [2.45, 2.75) is 32.7 Å². The number of benzene rings is 1. The Labute approximate surface area is 176 Å². The molecule has 7 heteroatoms. The van der Waals surface area contributed by atoms with Gasteiger partial charge in [-0.25, -0.2) is 0 Å². The van der Waals surface area contributed by atoms with Gasteiger partial charge in [-0.1, -0.05) is 44.2 Å². The molecule has 1 atom stereocenters. The molecule has 1 saturated heterocycles. The highest BCUT2D eigenvalue weighted by atomic mass is 35.5. The zero-order chi connectivity index (χ0) is 18.1. The zero-order valence-electron chi connectivity index (χ0n) is 16.7. The minimum absolute atomic E-state index is 0. The molecule has 1 heterocycles. The fourth-order valence-electron chi connectivity index (χ4n) is 3.76. The van der Waals surface area contributed by atoms with Gasteiger partial charge in [-0.15, -0.1) is 24.8 Å². The zero-order valence-corrected chi connectivity index (χ0v) is 18.3. The Kier molecular flexibility index (Phi) is 12.9. The van der Waals surface area contributed by atoms with Crippen LogP contribution >= 0.6 is 24.8 Å². The third-order valence-electron chi connectivity index (χ3n) is 5.29. The number of halogens is 2. The van der Waals surface area contributed by atoms with E-state index in [1.807, 2.05) is 30.3 Å². The van der Waals surface area contributed by atoms with Crippen LogP contribution in [-0.4, -0.2) is 57.2 Å². The molecule has 1 aliphatic rings. The Bertz CT molecular complexity index is 516. The highest BCUT2D eigenvalue weighted by Gasteiger charge is 2.34. The first-order valence-electron chi connectivity index (χ1n) is 9.42. The minimum atomic E-state index is -0.238. The number of amides is 1. The van der Waals surface area contributed by atoms with Gasteiger partial charge >= 0.3 is 0 Å². The first-order valence-corrected chi connectivity index (χ1v) is 9.42. The summed E-state index contributed by atoms with van der Waals surface area (Å²) in [7, 11) is 1.74. The third-order valence-corrected chi connectivity index (χ3v) is 5.29. The number of hydrogen-bond acceptors (Lipinski definition) is 4. The number of rotatable bonds is 9. The van der Waals surface area contributed by atoms with E-state index >= 15 is 0 Å². The van der Waals surface area contributed by atoms with Gasteiger partial charge in [0.2, 0.25) is 5.91 Å². The number of carbonyl (C=O) groups is 1. The van der Waals surface area contributed by atoms with Crippen molar-refractivity contribution in [1.82, 2.24) is 15.5 Å². The van der Waals surface area contributed by atoms with E-state index < -0.39 is 0 Å². The van der Waals surface area contributed by atoms with Gasteiger partial charge in [0.1, 0.15) is 6.04 Å². The number of hydrogen-bond donors (Lipinski definition) is 2. The second kappa shape index (κ2) is 13.3. The first kappa shape index (κ1) is 26.1. The molecule has 156 valence electrons. The lowest BCUT2D eigenvalue weighted by Gasteiger charge is -2.38. The summed E-state index contributed by atoms with van der Waals surface area (Å²) in [6, 6.07) is 9.83. The molecule has 0 aliphatic carbocycles. The molecule has 1 unspecified atom stereocenters. The number of ether oxygens (including phenoxy) is 1. The van der Waals surface area contributed by atoms with Crippen molar-refractivity contribution in [2.75, 3.05) is 46.4 Å². The molecule has 2 rings (SSSR count). The van der Waals surface area contributed by atoms with Crippen molar-refractivity contribution in [1.29, 1.82) is 0 Å². The fourth-order valence-corrected chi connectivity index (χ4v) is 3.76. The third kappa shape index (κ3) is 7.24. The van der Waals surface area contributed by atoms with Crippen molar-refractivity contribution >= 4 is 30.7 Å². The lowest BCUT2D eigenvalue weighted by molar-refractivity contribution is -0.127. The maximum absolute atomic E-state index is 13.1. The molecular formula is C20H35Cl2N3O2. The van der Waals surface area contributed by atoms with Crippen LogP contribution in [0.25, 0.3) is 0 Å². The summed E-state index contributed by atoms with van der Waals surface area (Å²) in [4.78, 5) is 15.3. The molecule has 1 aliphatic heterocycles. The van der Waals surface area contributed by atoms with E-state index in [-0.39, 0.29) is 42.2 Å². The molecule has 1 fully saturated rings. The van der Waals surface area contributed by atoms with Crippen LogP contribution in [0.2, 0.25) is 0 Å². The SMILES string of the molecule is CCN(CC)C(C(=O)NCC1(COC)CCNCC1)c1ccccc1.Cl.Cl. The Hall–Kier alpha value is -0.850. The average molecular weight is 420 g/mol. The average Bonchev–Trinajstić information content (AvgIpc) is 2.66. The predicted molar refractivity (Wildman–Crippen MR) is 116 cm³/mol. The predicted octanol–water partition coefficient (Wildman–Crippen LogP) is 3.05. The molecule has 1 amide bonds. The van der Waals surface area contributed by atoms with E-state index in [0.29, 0.717) is 13.2 Å². The van der Waals surface area contributed by atoms with Crippen LogP contribution in [0.4, 0.5) is 0 Å². The Morgan fingerprint density at radius 1 is 1.19 bits per heavy atom. The van der Waals surface area contributed by atoms with Crippen molar-refractivity contribution in [3.05, 3.63) is 35.9 Å². The normalized spacial score (nSPS) is 16.7. The highest BCUT2D eigenvalue weighted by molar-refractivity contribution is 5.85. The molecule has 1 aromatic carbocycles. The molecule has 0 radical (unpaired) electrons. The molecular weight excluding hydrogens is 385 g/mol. The molecule has 5 nitrogen and oxygen atoms in total. The van der Waals surface area contributed by atoms with Crippen LogP contribution in [0.15, 0.2) is 30.3 Å². The van der Waals surface area contributed by atoms with Gasteiger partial charge < -0.3 is 15.4 Å². The van der Waals surface area contributed by atoms with Gasteiger partial charge in [-0.05, 0) is 44.6 Å². The van der Waals surface area contributed by atoms with E-state index in [4.69, 9.17) is 4.74 Å². The summed E-state index contributed by atoms with van der Waals surface area (Å²) in [6.07, 6.45) is 2.06. The maximum Gasteiger partial charge on any atom is 0.241 e. The number of carbonyl (C=O) groups excluding carboxylic acids is 1. The quantitative estimate of drug-likeness (QED) is 0.645. The van der Waals surface area contributed by atoms with Crippen molar-refractivity contribution < 1.29 is 9.53 Å². The van der Waals surface area contributed by atoms with Crippen LogP contribution < -0.4 is 10.6 Å². The number of piperidine rings is 1. The molecule has 1 aromatic rings. The lowest BCUT2D eigenvalue weighted by atomic mass is 9.79. The van der Waals surface area contributed by atoms with Crippen LogP contribution in [0.1, 0.15) is 38.3 Å². The maximum atomic E-state index is 13.1. The second-order valence-electron chi connectivity index (χ2n) is 6.94. The van der Waals surface area contributed by atoms with Gasteiger partial charge in [0.05, 0.1) is 6.61 Å². The second-order valence-corrected chi connectivity index (χ2v) is 6.94. The number of nitrogens with one attached hydrogen (secondary N) is 2. The summed E-state index contributed by atoms with van der Waals surface area (Å²) >= 11 is 0. The van der Waals surface area contributed by atoms with Crippen LogP contribution in [0.3, 0.4) is 0 Å². The smallest absolute Gasteiger partial charge is 0.241 e. The van der Waals surface area contributed by atoms with Crippen LogP contribution in [0.5, 0.6) is 0 Å². The molecule has 2 N–H and O–H groups in total. The van der Waals surface area contributed by atoms with Crippen molar-refractivity contribution in [3.8, 4) is 0 Å². The van der Waals surface area contributed by atoms with Gasteiger partial charge in [-0.3, -0.25) is 9.69 Å². The monoisotopic (exact) mass is 419 g/mol. The van der Waals surface area contributed by atoms with Gasteiger partial charge in [0.25, 0.3) is 0 Å². The van der Waals surface area contributed by atoms with E-state index in [0.717, 1.165) is 44.6 Å². The molecule has 0 bridgehead atoms. The van der Waals surface area contributed by atoms with E-state index in [1.54, 1.807) is 7.11 Å². The Morgan fingerprint density at radius 3 is 2.30 bits per heavy atom. The summed E-state index contributed by atoms with van der Waals surface area (Å²) in [5, 5.41) is 6.63. The standard InChI is InChI=1S/C20H33N3O2.2ClH/c1-4-23(5-2)18(17-9-7-6-8-10-17)19(24)22-15-20(16-25-3)11-13-21-14-12-20;;/h6-10,18,21H,4-5,11-16H2,1-3H3,(H,22,24);2*1H. The number of nitrogens with zero attached hydrogens (tertiary/aromatic N) is 1.